The Balaban J connectivity index is 1.28. The smallest absolute Gasteiger partial charge is 0.256 e. The molecule has 33 heavy (non-hydrogen) atoms. The lowest BCUT2D eigenvalue weighted by atomic mass is 9.97. The van der Waals surface area contributed by atoms with E-state index in [0.717, 1.165) is 59.2 Å². The van der Waals surface area contributed by atoms with Gasteiger partial charge < -0.3 is 19.5 Å². The van der Waals surface area contributed by atoms with E-state index < -0.39 is 0 Å². The van der Waals surface area contributed by atoms with Crippen LogP contribution in [0, 0.1) is 11.8 Å². The number of nitrogens with one attached hydrogen (secondary N) is 1. The second kappa shape index (κ2) is 8.44. The fourth-order valence-corrected chi connectivity index (χ4v) is 6.12. The number of anilines is 1. The molecule has 3 aliphatic carbocycles. The second-order valence-corrected chi connectivity index (χ2v) is 9.99. The molecule has 4 aliphatic rings. The number of benzene rings is 2. The van der Waals surface area contributed by atoms with Crippen molar-refractivity contribution in [2.24, 2.45) is 11.8 Å². The Hall–Kier alpha value is -2.95. The Bertz CT molecular complexity index is 1100. The summed E-state index contributed by atoms with van der Waals surface area (Å²) in [5, 5.41) is 2.98. The van der Waals surface area contributed by atoms with Crippen LogP contribution in [0.4, 0.5) is 5.69 Å². The van der Waals surface area contributed by atoms with Crippen molar-refractivity contribution >= 4 is 23.2 Å². The van der Waals surface area contributed by atoms with Crippen LogP contribution in [0.5, 0.6) is 17.2 Å². The third-order valence-electron chi connectivity index (χ3n) is 7.83. The molecule has 1 N–H and O–H groups in total. The molecule has 0 spiro atoms. The van der Waals surface area contributed by atoms with Crippen LogP contribution in [-0.4, -0.2) is 25.2 Å². The average Bonchev–Trinajstić information content (AvgIpc) is 3.61. The number of carbonyl (C=O) groups is 1. The maximum absolute atomic E-state index is 12.8. The first-order valence-electron chi connectivity index (χ1n) is 12.3. The van der Waals surface area contributed by atoms with E-state index in [9.17, 15) is 4.79 Å². The van der Waals surface area contributed by atoms with Crippen LogP contribution in [0.25, 0.3) is 11.6 Å². The van der Waals surface area contributed by atoms with Crippen molar-refractivity contribution in [1.82, 2.24) is 0 Å². The van der Waals surface area contributed by atoms with Crippen LogP contribution >= 0.6 is 0 Å². The largest absolute Gasteiger partial charge is 0.493 e. The molecule has 3 saturated carbocycles. The molecule has 172 valence electrons. The van der Waals surface area contributed by atoms with Crippen molar-refractivity contribution < 1.29 is 19.0 Å². The lowest BCUT2D eigenvalue weighted by molar-refractivity contribution is -0.110. The minimum absolute atomic E-state index is 0.0885. The second-order valence-electron chi connectivity index (χ2n) is 9.99. The Kier molecular flexibility index (Phi) is 5.28. The average molecular weight is 446 g/mol. The van der Waals surface area contributed by atoms with E-state index in [0.29, 0.717) is 11.5 Å². The van der Waals surface area contributed by atoms with Gasteiger partial charge in [-0.15, -0.1) is 0 Å². The molecule has 5 heteroatoms. The predicted octanol–water partition coefficient (Wildman–Crippen LogP) is 6.08. The van der Waals surface area contributed by atoms with Gasteiger partial charge in [0.15, 0.2) is 11.5 Å². The topological polar surface area (TPSA) is 56.8 Å². The normalized spacial score (nSPS) is 27.1. The minimum Gasteiger partial charge on any atom is -0.493 e. The van der Waals surface area contributed by atoms with Gasteiger partial charge in [-0.1, -0.05) is 6.07 Å². The molecule has 0 saturated heterocycles. The molecule has 1 aliphatic heterocycles. The molecule has 2 bridgehead atoms. The van der Waals surface area contributed by atoms with Crippen LogP contribution in [0.15, 0.2) is 36.4 Å². The third kappa shape index (κ3) is 3.98. The fourth-order valence-electron chi connectivity index (χ4n) is 6.12. The molecule has 1 heterocycles. The standard InChI is InChI=1S/C28H31NO4/c1-31-25-11-7-18(15-27(25)33-26-14-17-6-8-19(26)12-17)13-23-22-16-21(32-20-4-2-3-5-20)9-10-24(22)29-28(23)30/h7,9-11,13,15-17,19-20,26H,2-6,8,12,14H2,1H3,(H,29,30)/b23-13-/t17-,19?,26-/m1/s1. The molecular weight excluding hydrogens is 414 g/mol. The molecule has 1 amide bonds. The van der Waals surface area contributed by atoms with Gasteiger partial charge in [0, 0.05) is 16.8 Å². The van der Waals surface area contributed by atoms with Crippen molar-refractivity contribution in [2.75, 3.05) is 12.4 Å². The summed E-state index contributed by atoms with van der Waals surface area (Å²) in [5.74, 6) is 3.72. The first-order chi connectivity index (χ1) is 16.2. The zero-order chi connectivity index (χ0) is 22.4. The summed E-state index contributed by atoms with van der Waals surface area (Å²) in [6.45, 7) is 0. The van der Waals surface area contributed by atoms with Gasteiger partial charge in [-0.25, -0.2) is 0 Å². The van der Waals surface area contributed by atoms with Crippen LogP contribution in [0.2, 0.25) is 0 Å². The van der Waals surface area contributed by atoms with Crippen molar-refractivity contribution in [1.29, 1.82) is 0 Å². The lowest BCUT2D eigenvalue weighted by Crippen LogP contribution is -2.23. The zero-order valence-electron chi connectivity index (χ0n) is 19.1. The van der Waals surface area contributed by atoms with Crippen molar-refractivity contribution in [3.8, 4) is 17.2 Å². The lowest BCUT2D eigenvalue weighted by Gasteiger charge is -2.24. The van der Waals surface area contributed by atoms with Gasteiger partial charge in [0.05, 0.1) is 13.2 Å². The predicted molar refractivity (Wildman–Crippen MR) is 129 cm³/mol. The molecule has 6 rings (SSSR count). The molecule has 2 aromatic rings. The summed E-state index contributed by atoms with van der Waals surface area (Å²) in [5.41, 5.74) is 3.30. The molecule has 2 aromatic carbocycles. The first kappa shape index (κ1) is 20.6. The summed E-state index contributed by atoms with van der Waals surface area (Å²) in [6.07, 6.45) is 12.2. The van der Waals surface area contributed by atoms with E-state index in [1.165, 1.54) is 32.1 Å². The Morgan fingerprint density at radius 3 is 2.58 bits per heavy atom. The van der Waals surface area contributed by atoms with E-state index in [2.05, 4.69) is 5.32 Å². The summed E-state index contributed by atoms with van der Waals surface area (Å²) < 4.78 is 18.2. The SMILES string of the molecule is COc1ccc(/C=C2\C(=O)Nc3ccc(OC4CCCC4)cc32)cc1O[C@@H]1C[C@@H]2CCC1C2. The van der Waals surface area contributed by atoms with Crippen LogP contribution in [0.3, 0.4) is 0 Å². The number of amides is 1. The molecule has 0 aromatic heterocycles. The van der Waals surface area contributed by atoms with Gasteiger partial charge in [-0.2, -0.15) is 0 Å². The Morgan fingerprint density at radius 1 is 0.939 bits per heavy atom. The van der Waals surface area contributed by atoms with E-state index >= 15 is 0 Å². The number of hydrogen-bond acceptors (Lipinski definition) is 4. The summed E-state index contributed by atoms with van der Waals surface area (Å²) in [7, 11) is 1.67. The highest BCUT2D eigenvalue weighted by Gasteiger charge is 2.41. The van der Waals surface area contributed by atoms with Gasteiger partial charge in [0.1, 0.15) is 11.9 Å². The summed E-state index contributed by atoms with van der Waals surface area (Å²) in [4.78, 5) is 12.8. The number of fused-ring (bicyclic) bond motifs is 3. The van der Waals surface area contributed by atoms with Gasteiger partial charge in [-0.05, 0) is 105 Å². The van der Waals surface area contributed by atoms with E-state index in [4.69, 9.17) is 14.2 Å². The van der Waals surface area contributed by atoms with Crippen LogP contribution in [0.1, 0.15) is 62.5 Å². The summed E-state index contributed by atoms with van der Waals surface area (Å²) in [6, 6.07) is 11.8. The van der Waals surface area contributed by atoms with Gasteiger partial charge in [0.25, 0.3) is 5.91 Å². The third-order valence-corrected chi connectivity index (χ3v) is 7.83. The quantitative estimate of drug-likeness (QED) is 0.548. The molecule has 1 unspecified atom stereocenters. The highest BCUT2D eigenvalue weighted by molar-refractivity contribution is 6.35. The van der Waals surface area contributed by atoms with Gasteiger partial charge in [0.2, 0.25) is 0 Å². The van der Waals surface area contributed by atoms with Gasteiger partial charge in [-0.3, -0.25) is 4.79 Å². The number of methoxy groups -OCH3 is 1. The van der Waals surface area contributed by atoms with Gasteiger partial charge >= 0.3 is 0 Å². The van der Waals surface area contributed by atoms with Crippen LogP contribution < -0.4 is 19.5 Å². The number of rotatable bonds is 6. The number of carbonyl (C=O) groups excluding carboxylic acids is 1. The van der Waals surface area contributed by atoms with Crippen molar-refractivity contribution in [3.63, 3.8) is 0 Å². The summed E-state index contributed by atoms with van der Waals surface area (Å²) >= 11 is 0. The van der Waals surface area contributed by atoms with Crippen molar-refractivity contribution in [2.45, 2.75) is 63.6 Å². The Labute approximate surface area is 195 Å². The molecule has 0 radical (unpaired) electrons. The maximum Gasteiger partial charge on any atom is 0.256 e. The van der Waals surface area contributed by atoms with Crippen LogP contribution in [-0.2, 0) is 4.79 Å². The number of ether oxygens (including phenoxy) is 3. The molecule has 5 nitrogen and oxygen atoms in total. The highest BCUT2D eigenvalue weighted by atomic mass is 16.5. The highest BCUT2D eigenvalue weighted by Crippen LogP contribution is 2.47. The van der Waals surface area contributed by atoms with E-state index in [-0.39, 0.29) is 18.1 Å². The van der Waals surface area contributed by atoms with E-state index in [1.807, 2.05) is 42.5 Å². The Morgan fingerprint density at radius 2 is 1.82 bits per heavy atom. The maximum atomic E-state index is 12.8. The minimum atomic E-state index is -0.0885. The first-order valence-corrected chi connectivity index (χ1v) is 12.3. The number of hydrogen-bond donors (Lipinski definition) is 1. The molecular formula is C28H31NO4. The van der Waals surface area contributed by atoms with Crippen molar-refractivity contribution in [3.05, 3.63) is 47.5 Å². The van der Waals surface area contributed by atoms with E-state index in [1.54, 1.807) is 7.11 Å². The zero-order valence-corrected chi connectivity index (χ0v) is 19.1. The molecule has 3 atom stereocenters. The molecule has 3 fully saturated rings. The monoisotopic (exact) mass is 445 g/mol. The fraction of sp³-hybridized carbons (Fsp3) is 0.464.